The van der Waals surface area contributed by atoms with E-state index in [1.807, 2.05) is 11.8 Å². The van der Waals surface area contributed by atoms with Crippen molar-refractivity contribution < 1.29 is 0 Å². The van der Waals surface area contributed by atoms with Crippen molar-refractivity contribution in [3.8, 4) is 0 Å². The molecule has 0 radical (unpaired) electrons. The zero-order chi connectivity index (χ0) is 13.2. The van der Waals surface area contributed by atoms with Gasteiger partial charge in [0, 0.05) is 23.0 Å². The van der Waals surface area contributed by atoms with Gasteiger partial charge in [-0.15, -0.1) is 11.8 Å². The first-order valence-electron chi connectivity index (χ1n) is 6.35. The summed E-state index contributed by atoms with van der Waals surface area (Å²) in [6.45, 7) is 4.21. The molecule has 0 bridgehead atoms. The normalized spacial score (nSPS) is 11.1. The molecule has 19 heavy (non-hydrogen) atoms. The Kier molecular flexibility index (Phi) is 3.30. The van der Waals surface area contributed by atoms with Gasteiger partial charge in [-0.1, -0.05) is 23.8 Å². The SMILES string of the molecule is Cc1ccc(SCc2cn3cccc(C)c3n2)cc1. The molecule has 0 unspecified atom stereocenters. The van der Waals surface area contributed by atoms with Gasteiger partial charge in [0.15, 0.2) is 0 Å². The number of fused-ring (bicyclic) bond motifs is 1. The average molecular weight is 268 g/mol. The van der Waals surface area contributed by atoms with Crippen molar-refractivity contribution in [1.82, 2.24) is 9.38 Å². The molecule has 0 saturated heterocycles. The van der Waals surface area contributed by atoms with E-state index in [1.54, 1.807) is 0 Å². The Bertz CT molecular complexity index is 698. The lowest BCUT2D eigenvalue weighted by Gasteiger charge is -1.99. The Morgan fingerprint density at radius 3 is 2.63 bits per heavy atom. The molecule has 96 valence electrons. The maximum atomic E-state index is 4.69. The summed E-state index contributed by atoms with van der Waals surface area (Å²) in [4.78, 5) is 5.98. The van der Waals surface area contributed by atoms with Gasteiger partial charge in [-0.05, 0) is 37.6 Å². The second-order valence-electron chi connectivity index (χ2n) is 4.76. The van der Waals surface area contributed by atoms with Gasteiger partial charge in [-0.2, -0.15) is 0 Å². The fraction of sp³-hybridized carbons (Fsp3) is 0.188. The van der Waals surface area contributed by atoms with E-state index in [0.717, 1.165) is 17.1 Å². The third-order valence-electron chi connectivity index (χ3n) is 3.14. The van der Waals surface area contributed by atoms with Crippen LogP contribution in [0.2, 0.25) is 0 Å². The van der Waals surface area contributed by atoms with E-state index in [4.69, 9.17) is 0 Å². The van der Waals surface area contributed by atoms with Crippen LogP contribution in [0.15, 0.2) is 53.7 Å². The molecule has 0 spiro atoms. The summed E-state index contributed by atoms with van der Waals surface area (Å²) in [5.41, 5.74) is 4.70. The number of hydrogen-bond donors (Lipinski definition) is 0. The molecule has 0 aliphatic carbocycles. The summed E-state index contributed by atoms with van der Waals surface area (Å²) in [5.74, 6) is 0.907. The van der Waals surface area contributed by atoms with Crippen LogP contribution in [0.25, 0.3) is 5.65 Å². The molecule has 0 aliphatic rings. The minimum Gasteiger partial charge on any atom is -0.307 e. The van der Waals surface area contributed by atoms with Crippen LogP contribution < -0.4 is 0 Å². The fourth-order valence-corrected chi connectivity index (χ4v) is 2.85. The van der Waals surface area contributed by atoms with Gasteiger partial charge in [0.2, 0.25) is 0 Å². The highest BCUT2D eigenvalue weighted by atomic mass is 32.2. The van der Waals surface area contributed by atoms with E-state index in [1.165, 1.54) is 16.0 Å². The summed E-state index contributed by atoms with van der Waals surface area (Å²) >= 11 is 1.83. The van der Waals surface area contributed by atoms with Crippen LogP contribution in [-0.4, -0.2) is 9.38 Å². The lowest BCUT2D eigenvalue weighted by Crippen LogP contribution is -1.84. The highest BCUT2D eigenvalue weighted by Crippen LogP contribution is 2.23. The van der Waals surface area contributed by atoms with Gasteiger partial charge in [0.1, 0.15) is 5.65 Å². The lowest BCUT2D eigenvalue weighted by molar-refractivity contribution is 1.16. The Morgan fingerprint density at radius 1 is 1.11 bits per heavy atom. The molecule has 2 heterocycles. The number of benzene rings is 1. The molecule has 0 aliphatic heterocycles. The van der Waals surface area contributed by atoms with Gasteiger partial charge in [0.25, 0.3) is 0 Å². The zero-order valence-corrected chi connectivity index (χ0v) is 11.9. The number of aryl methyl sites for hydroxylation is 2. The summed E-state index contributed by atoms with van der Waals surface area (Å²) < 4.78 is 2.10. The fourth-order valence-electron chi connectivity index (χ4n) is 2.07. The summed E-state index contributed by atoms with van der Waals surface area (Å²) in [6.07, 6.45) is 4.17. The Hall–Kier alpha value is -1.74. The standard InChI is InChI=1S/C16H16N2S/c1-12-5-7-15(8-6-12)19-11-14-10-18-9-3-4-13(2)16(18)17-14/h3-10H,11H2,1-2H3. The summed E-state index contributed by atoms with van der Waals surface area (Å²) in [5, 5.41) is 0. The number of pyridine rings is 1. The highest BCUT2D eigenvalue weighted by molar-refractivity contribution is 7.98. The number of aromatic nitrogens is 2. The van der Waals surface area contributed by atoms with E-state index >= 15 is 0 Å². The first kappa shape index (κ1) is 12.3. The van der Waals surface area contributed by atoms with E-state index in [2.05, 4.69) is 72.0 Å². The molecular weight excluding hydrogens is 252 g/mol. The van der Waals surface area contributed by atoms with Crippen LogP contribution in [0.5, 0.6) is 0 Å². The van der Waals surface area contributed by atoms with Gasteiger partial charge in [-0.25, -0.2) is 4.98 Å². The van der Waals surface area contributed by atoms with Crippen molar-refractivity contribution >= 4 is 17.4 Å². The van der Waals surface area contributed by atoms with Crippen LogP contribution in [-0.2, 0) is 5.75 Å². The Morgan fingerprint density at radius 2 is 1.89 bits per heavy atom. The molecule has 2 nitrogen and oxygen atoms in total. The quantitative estimate of drug-likeness (QED) is 0.661. The van der Waals surface area contributed by atoms with E-state index < -0.39 is 0 Å². The predicted molar refractivity (Wildman–Crippen MR) is 80.7 cm³/mol. The van der Waals surface area contributed by atoms with Crippen molar-refractivity contribution in [2.45, 2.75) is 24.5 Å². The minimum absolute atomic E-state index is 0.907. The van der Waals surface area contributed by atoms with Crippen molar-refractivity contribution in [3.63, 3.8) is 0 Å². The Balaban J connectivity index is 1.78. The van der Waals surface area contributed by atoms with Crippen molar-refractivity contribution in [2.24, 2.45) is 0 Å². The van der Waals surface area contributed by atoms with Crippen LogP contribution in [0, 0.1) is 13.8 Å². The molecule has 2 aromatic heterocycles. The molecule has 0 amide bonds. The van der Waals surface area contributed by atoms with E-state index in [-0.39, 0.29) is 0 Å². The molecule has 1 aromatic carbocycles. The largest absolute Gasteiger partial charge is 0.307 e. The monoisotopic (exact) mass is 268 g/mol. The second kappa shape index (κ2) is 5.10. The molecular formula is C16H16N2S. The minimum atomic E-state index is 0.907. The van der Waals surface area contributed by atoms with Gasteiger partial charge >= 0.3 is 0 Å². The van der Waals surface area contributed by atoms with E-state index in [0.29, 0.717) is 0 Å². The van der Waals surface area contributed by atoms with Gasteiger partial charge < -0.3 is 4.40 Å². The van der Waals surface area contributed by atoms with Gasteiger partial charge in [0.05, 0.1) is 5.69 Å². The zero-order valence-electron chi connectivity index (χ0n) is 11.1. The Labute approximate surface area is 117 Å². The third-order valence-corrected chi connectivity index (χ3v) is 4.18. The average Bonchev–Trinajstić information content (AvgIpc) is 2.83. The number of hydrogen-bond acceptors (Lipinski definition) is 2. The molecule has 3 heteroatoms. The van der Waals surface area contributed by atoms with Crippen LogP contribution in [0.3, 0.4) is 0 Å². The molecule has 3 aromatic rings. The maximum Gasteiger partial charge on any atom is 0.139 e. The van der Waals surface area contributed by atoms with Crippen molar-refractivity contribution in [2.75, 3.05) is 0 Å². The molecule has 0 fully saturated rings. The summed E-state index contributed by atoms with van der Waals surface area (Å²) in [6, 6.07) is 12.8. The van der Waals surface area contributed by atoms with Crippen LogP contribution in [0.1, 0.15) is 16.8 Å². The predicted octanol–water partition coefficient (Wildman–Crippen LogP) is 4.24. The first-order chi connectivity index (χ1) is 9.22. The first-order valence-corrected chi connectivity index (χ1v) is 7.33. The van der Waals surface area contributed by atoms with Crippen LogP contribution in [0.4, 0.5) is 0 Å². The topological polar surface area (TPSA) is 17.3 Å². The van der Waals surface area contributed by atoms with Gasteiger partial charge in [-0.3, -0.25) is 0 Å². The smallest absolute Gasteiger partial charge is 0.139 e. The van der Waals surface area contributed by atoms with Crippen molar-refractivity contribution in [1.29, 1.82) is 0 Å². The molecule has 0 N–H and O–H groups in total. The molecule has 0 atom stereocenters. The molecule has 0 saturated carbocycles. The number of imidazole rings is 1. The van der Waals surface area contributed by atoms with E-state index in [9.17, 15) is 0 Å². The highest BCUT2D eigenvalue weighted by Gasteiger charge is 2.04. The third kappa shape index (κ3) is 2.66. The second-order valence-corrected chi connectivity index (χ2v) is 5.80. The number of nitrogens with zero attached hydrogens (tertiary/aromatic N) is 2. The maximum absolute atomic E-state index is 4.69. The lowest BCUT2D eigenvalue weighted by atomic mass is 10.2. The number of rotatable bonds is 3. The van der Waals surface area contributed by atoms with Crippen LogP contribution >= 0.6 is 11.8 Å². The number of thioether (sulfide) groups is 1. The molecule has 3 rings (SSSR count). The van der Waals surface area contributed by atoms with Crippen molar-refractivity contribution in [3.05, 3.63) is 65.6 Å². The summed E-state index contributed by atoms with van der Waals surface area (Å²) in [7, 11) is 0.